The first kappa shape index (κ1) is 40.8. The first-order valence-corrected chi connectivity index (χ1v) is 25.0. The molecule has 336 valence electrons. The van der Waals surface area contributed by atoms with Gasteiger partial charge in [0.05, 0.1) is 19.2 Å². The molecule has 11 nitrogen and oxygen atoms in total. The van der Waals surface area contributed by atoms with E-state index in [4.69, 9.17) is 38.6 Å². The van der Waals surface area contributed by atoms with Gasteiger partial charge in [0.1, 0.15) is 17.8 Å². The van der Waals surface area contributed by atoms with Crippen LogP contribution in [0.5, 0.6) is 17.2 Å². The number of rotatable bonds is 6. The molecule has 0 radical (unpaired) electrons. The number of carbonyl (C=O) groups excluding carboxylic acids is 2. The highest BCUT2D eigenvalue weighted by Gasteiger charge is 2.55. The normalized spacial score (nSPS) is 25.9. The molecule has 2 amide bonds. The summed E-state index contributed by atoms with van der Waals surface area (Å²) >= 11 is 16.4. The number of aromatic amines is 2. The number of ether oxygens (including phenoxy) is 3. The summed E-state index contributed by atoms with van der Waals surface area (Å²) in [5, 5.41) is 3.52. The molecule has 7 heterocycles. The summed E-state index contributed by atoms with van der Waals surface area (Å²) < 4.78 is 18.1. The van der Waals surface area contributed by atoms with Crippen molar-refractivity contribution >= 4 is 84.2 Å². The third kappa shape index (κ3) is 6.02. The lowest BCUT2D eigenvalue weighted by molar-refractivity contribution is -0.130. The number of aromatic nitrogens is 2. The zero-order valence-corrected chi connectivity index (χ0v) is 40.0. The molecule has 5 aliphatic heterocycles. The number of benzene rings is 4. The summed E-state index contributed by atoms with van der Waals surface area (Å²) in [5.74, 6) is 2.66. The van der Waals surface area contributed by atoms with Gasteiger partial charge in [-0.1, -0.05) is 53.4 Å². The van der Waals surface area contributed by atoms with Crippen LogP contribution in [0.15, 0.2) is 77.3 Å². The number of H-pyrrole nitrogens is 2. The number of carbonyl (C=O) groups is 2. The molecule has 6 aromatic rings. The number of amides is 2. The molecular formula is C52H49BrN6O5S2. The molecular weight excluding hydrogens is 933 g/mol. The van der Waals surface area contributed by atoms with E-state index in [2.05, 4.69) is 85.1 Å². The lowest BCUT2D eigenvalue weighted by Crippen LogP contribution is -2.44. The van der Waals surface area contributed by atoms with Gasteiger partial charge in [0.25, 0.3) is 11.8 Å². The van der Waals surface area contributed by atoms with E-state index in [1.165, 1.54) is 28.5 Å². The van der Waals surface area contributed by atoms with E-state index in [0.29, 0.717) is 28.8 Å². The molecule has 4 fully saturated rings. The standard InChI is InChI=1S/C52H49BrN6O5S2/c1-26-18-35-37-23-41-49(60)56(31-6-4-3-5-7-31)51(65)58(41)47(27-9-14-33(62-2)15-10-27)45(37)55-40(35)22-34(26)28-8-13-32(19-28)57-50(61)42-24-38-36-21-30(53)12-16-39(36)54-46(38)48(59(42)52(57)66)29-11-17-43-44(20-29)64-25-63-43/h9-12,14-18,20-22,28,31-32,41-42,47-48,54-55H,3-8,13,19,23-25H2,1-2H3. The Hall–Kier alpha value is -5.44. The highest BCUT2D eigenvalue weighted by molar-refractivity contribution is 9.10. The second-order valence-corrected chi connectivity index (χ2v) is 21.0. The van der Waals surface area contributed by atoms with Crippen LogP contribution < -0.4 is 14.2 Å². The van der Waals surface area contributed by atoms with Gasteiger partial charge in [-0.15, -0.1) is 0 Å². The van der Waals surface area contributed by atoms with Gasteiger partial charge in [-0.25, -0.2) is 0 Å². The topological polar surface area (TPSA) is 106 Å². The minimum atomic E-state index is -0.427. The Balaban J connectivity index is 0.824. The minimum absolute atomic E-state index is 0.0278. The third-order valence-corrected chi connectivity index (χ3v) is 17.3. The lowest BCUT2D eigenvalue weighted by Gasteiger charge is -2.38. The maximum absolute atomic E-state index is 14.9. The summed E-state index contributed by atoms with van der Waals surface area (Å²) in [5.41, 5.74) is 11.2. The predicted octanol–water partition coefficient (Wildman–Crippen LogP) is 10.0. The number of nitrogens with zero attached hydrogens (tertiary/aromatic N) is 4. The summed E-state index contributed by atoms with van der Waals surface area (Å²) in [6, 6.07) is 24.1. The SMILES string of the molecule is COc1ccc(C2c3[nH]c4cc(C5CCC(N6C(=O)C7Cc8c([nH]c9ccc(Br)cc89)C(c8ccc9c(c8)OCO9)N7C6=S)C5)c(C)cc4c3CC3C(=O)N(C4CCCCC4)C(=S)N32)cc1. The van der Waals surface area contributed by atoms with Crippen LogP contribution in [-0.2, 0) is 22.4 Å². The van der Waals surface area contributed by atoms with Crippen LogP contribution in [0.25, 0.3) is 21.8 Å². The van der Waals surface area contributed by atoms with Gasteiger partial charge in [-0.05, 0) is 157 Å². The molecule has 0 spiro atoms. The highest BCUT2D eigenvalue weighted by Crippen LogP contribution is 2.51. The maximum atomic E-state index is 14.9. The Morgan fingerprint density at radius 3 is 2.03 bits per heavy atom. The van der Waals surface area contributed by atoms with E-state index >= 15 is 0 Å². The van der Waals surface area contributed by atoms with Crippen molar-refractivity contribution in [3.63, 3.8) is 0 Å². The van der Waals surface area contributed by atoms with Crippen molar-refractivity contribution in [1.82, 2.24) is 29.6 Å². The molecule has 0 bridgehead atoms. The first-order valence-electron chi connectivity index (χ1n) is 23.4. The molecule has 66 heavy (non-hydrogen) atoms. The molecule has 6 unspecified atom stereocenters. The number of halogens is 1. The molecule has 2 aliphatic carbocycles. The number of methoxy groups -OCH3 is 1. The van der Waals surface area contributed by atoms with Gasteiger partial charge in [0.15, 0.2) is 21.7 Å². The van der Waals surface area contributed by atoms with Gasteiger partial charge >= 0.3 is 0 Å². The van der Waals surface area contributed by atoms with E-state index in [9.17, 15) is 9.59 Å². The Morgan fingerprint density at radius 1 is 0.682 bits per heavy atom. The smallest absolute Gasteiger partial charge is 0.252 e. The predicted molar refractivity (Wildman–Crippen MR) is 263 cm³/mol. The Morgan fingerprint density at radius 2 is 1.32 bits per heavy atom. The maximum Gasteiger partial charge on any atom is 0.252 e. The van der Waals surface area contributed by atoms with Crippen LogP contribution in [0, 0.1) is 6.92 Å². The van der Waals surface area contributed by atoms with Gasteiger partial charge in [-0.2, -0.15) is 0 Å². The fourth-order valence-corrected chi connectivity index (χ4v) is 14.2. The van der Waals surface area contributed by atoms with Gasteiger partial charge in [-0.3, -0.25) is 19.4 Å². The molecule has 6 atom stereocenters. The minimum Gasteiger partial charge on any atom is -0.497 e. The van der Waals surface area contributed by atoms with E-state index in [1.807, 2.05) is 40.1 Å². The van der Waals surface area contributed by atoms with Crippen molar-refractivity contribution in [1.29, 1.82) is 0 Å². The van der Waals surface area contributed by atoms with Crippen molar-refractivity contribution in [3.05, 3.63) is 122 Å². The lowest BCUT2D eigenvalue weighted by atomic mass is 9.87. The monoisotopic (exact) mass is 980 g/mol. The fourth-order valence-electron chi connectivity index (χ4n) is 12.9. The van der Waals surface area contributed by atoms with Gasteiger partial charge in [0, 0.05) is 62.6 Å². The van der Waals surface area contributed by atoms with Gasteiger partial charge in [0.2, 0.25) is 6.79 Å². The zero-order valence-electron chi connectivity index (χ0n) is 36.8. The molecule has 2 saturated carbocycles. The van der Waals surface area contributed by atoms with E-state index in [1.54, 1.807) is 7.11 Å². The molecule has 7 aliphatic rings. The molecule has 2 aromatic heterocycles. The van der Waals surface area contributed by atoms with Crippen molar-refractivity contribution < 1.29 is 23.8 Å². The van der Waals surface area contributed by atoms with E-state index < -0.39 is 6.04 Å². The highest BCUT2D eigenvalue weighted by atomic mass is 79.9. The fraction of sp³-hybridized carbons (Fsp3) is 0.385. The first-order chi connectivity index (χ1) is 32.1. The third-order valence-electron chi connectivity index (χ3n) is 16.0. The summed E-state index contributed by atoms with van der Waals surface area (Å²) in [4.78, 5) is 45.5. The quantitative estimate of drug-likeness (QED) is 0.158. The number of thiocarbonyl (C=S) groups is 2. The van der Waals surface area contributed by atoms with Crippen LogP contribution in [0.1, 0.15) is 114 Å². The average Bonchev–Trinajstić information content (AvgIpc) is 4.20. The van der Waals surface area contributed by atoms with Crippen LogP contribution in [0.3, 0.4) is 0 Å². The van der Waals surface area contributed by atoms with Crippen LogP contribution in [0.4, 0.5) is 0 Å². The van der Waals surface area contributed by atoms with Crippen LogP contribution in [-0.4, -0.2) is 89.7 Å². The summed E-state index contributed by atoms with van der Waals surface area (Å²) in [6.45, 7) is 2.40. The van der Waals surface area contributed by atoms with Crippen molar-refractivity contribution in [2.75, 3.05) is 13.9 Å². The summed E-state index contributed by atoms with van der Waals surface area (Å²) in [6.07, 6.45) is 9.26. The van der Waals surface area contributed by atoms with Gasteiger partial charge < -0.3 is 34.0 Å². The van der Waals surface area contributed by atoms with Crippen LogP contribution in [0.2, 0.25) is 0 Å². The number of fused-ring (bicyclic) bond motifs is 9. The molecule has 4 aromatic carbocycles. The largest absolute Gasteiger partial charge is 0.497 e. The molecule has 13 rings (SSSR count). The molecule has 2 saturated heterocycles. The van der Waals surface area contributed by atoms with Crippen molar-refractivity contribution in [2.45, 2.75) is 113 Å². The van der Waals surface area contributed by atoms with E-state index in [0.717, 1.165) is 105 Å². The zero-order chi connectivity index (χ0) is 44.7. The second kappa shape index (κ2) is 15.3. The number of aryl methyl sites for hydroxylation is 1. The second-order valence-electron chi connectivity index (χ2n) is 19.4. The number of hydrogen-bond acceptors (Lipinski definition) is 7. The number of hydrogen-bond donors (Lipinski definition) is 2. The average molecular weight is 982 g/mol. The van der Waals surface area contributed by atoms with Crippen molar-refractivity contribution in [2.24, 2.45) is 0 Å². The Bertz CT molecular complexity index is 3070. The molecule has 14 heteroatoms. The summed E-state index contributed by atoms with van der Waals surface area (Å²) in [7, 11) is 1.68. The van der Waals surface area contributed by atoms with Crippen LogP contribution >= 0.6 is 40.4 Å². The molecule has 2 N–H and O–H groups in total. The van der Waals surface area contributed by atoms with Crippen molar-refractivity contribution in [3.8, 4) is 17.2 Å². The Labute approximate surface area is 401 Å². The Kier molecular flexibility index (Phi) is 9.46. The van der Waals surface area contributed by atoms with E-state index in [-0.39, 0.29) is 54.7 Å². The number of nitrogens with one attached hydrogen (secondary N) is 2.